The molecule has 80 valence electrons. The highest BCUT2D eigenvalue weighted by atomic mass is 16.4. The molecule has 0 aromatic rings. The Labute approximate surface area is 82.5 Å². The smallest absolute Gasteiger partial charge is 0.306 e. The lowest BCUT2D eigenvalue weighted by Crippen LogP contribution is -2.38. The Morgan fingerprint density at radius 1 is 1.29 bits per heavy atom. The minimum atomic E-state index is -1.01. The van der Waals surface area contributed by atoms with Gasteiger partial charge >= 0.3 is 5.97 Å². The molecule has 0 aliphatic rings. The second-order valence-electron chi connectivity index (χ2n) is 3.33. The maximum absolute atomic E-state index is 11.3. The third kappa shape index (κ3) is 4.59. The molecule has 0 bridgehead atoms. The van der Waals surface area contributed by atoms with Gasteiger partial charge in [0.2, 0.25) is 5.91 Å². The average molecular weight is 201 g/mol. The number of nitrogens with one attached hydrogen (secondary N) is 1. The summed E-state index contributed by atoms with van der Waals surface area (Å²) in [5, 5.41) is 11.0. The molecule has 1 amide bonds. The van der Waals surface area contributed by atoms with Crippen molar-refractivity contribution in [2.75, 3.05) is 0 Å². The Morgan fingerprint density at radius 3 is 2.14 bits per heavy atom. The summed E-state index contributed by atoms with van der Waals surface area (Å²) in [4.78, 5) is 32.4. The Balaban J connectivity index is 4.07. The van der Waals surface area contributed by atoms with E-state index in [-0.39, 0.29) is 18.1 Å². The van der Waals surface area contributed by atoms with Crippen LogP contribution in [-0.4, -0.2) is 28.8 Å². The van der Waals surface area contributed by atoms with Gasteiger partial charge in [-0.3, -0.25) is 14.4 Å². The quantitative estimate of drug-likeness (QED) is 0.665. The number of carboxylic acid groups (broad SMARTS) is 1. The molecule has 0 aromatic carbocycles. The van der Waals surface area contributed by atoms with Gasteiger partial charge in [0, 0.05) is 13.3 Å². The Hall–Kier alpha value is -1.39. The highest BCUT2D eigenvalue weighted by molar-refractivity contribution is 5.90. The first-order valence-electron chi connectivity index (χ1n) is 4.37. The SMILES string of the molecule is CC(=O)NC(C)C(=O)CC(C)C(=O)O. The fraction of sp³-hybridized carbons (Fsp3) is 0.667. The molecule has 5 heteroatoms. The Morgan fingerprint density at radius 2 is 1.79 bits per heavy atom. The van der Waals surface area contributed by atoms with E-state index in [1.165, 1.54) is 20.8 Å². The van der Waals surface area contributed by atoms with Crippen molar-refractivity contribution in [1.29, 1.82) is 0 Å². The van der Waals surface area contributed by atoms with Gasteiger partial charge in [0.05, 0.1) is 12.0 Å². The lowest BCUT2D eigenvalue weighted by molar-refractivity contribution is -0.143. The number of carbonyl (C=O) groups is 3. The predicted octanol–water partition coefficient (Wildman–Crippen LogP) is 0.191. The Kier molecular flexibility index (Phi) is 4.83. The number of amides is 1. The number of hydrogen-bond donors (Lipinski definition) is 2. The van der Waals surface area contributed by atoms with Crippen LogP contribution in [0.2, 0.25) is 0 Å². The lowest BCUT2D eigenvalue weighted by Gasteiger charge is -2.12. The molecule has 5 nitrogen and oxygen atoms in total. The summed E-state index contributed by atoms with van der Waals surface area (Å²) in [5.41, 5.74) is 0. The van der Waals surface area contributed by atoms with Crippen molar-refractivity contribution in [3.8, 4) is 0 Å². The second kappa shape index (κ2) is 5.36. The van der Waals surface area contributed by atoms with Crippen molar-refractivity contribution in [2.45, 2.75) is 33.2 Å². The van der Waals surface area contributed by atoms with E-state index in [0.717, 1.165) is 0 Å². The topological polar surface area (TPSA) is 83.5 Å². The first-order valence-corrected chi connectivity index (χ1v) is 4.37. The van der Waals surface area contributed by atoms with Crippen LogP contribution in [0.1, 0.15) is 27.2 Å². The molecule has 0 radical (unpaired) electrons. The monoisotopic (exact) mass is 201 g/mol. The largest absolute Gasteiger partial charge is 0.481 e. The summed E-state index contributed by atoms with van der Waals surface area (Å²) in [6.07, 6.45) is -0.0587. The molecular weight excluding hydrogens is 186 g/mol. The average Bonchev–Trinajstić information content (AvgIpc) is 2.02. The van der Waals surface area contributed by atoms with Crippen molar-refractivity contribution in [1.82, 2.24) is 5.32 Å². The number of carboxylic acids is 1. The zero-order valence-corrected chi connectivity index (χ0v) is 8.53. The van der Waals surface area contributed by atoms with E-state index < -0.39 is 17.9 Å². The molecule has 2 atom stereocenters. The van der Waals surface area contributed by atoms with Gasteiger partial charge < -0.3 is 10.4 Å². The fourth-order valence-electron chi connectivity index (χ4n) is 0.951. The minimum Gasteiger partial charge on any atom is -0.481 e. The van der Waals surface area contributed by atoms with Crippen molar-refractivity contribution in [3.05, 3.63) is 0 Å². The second-order valence-corrected chi connectivity index (χ2v) is 3.33. The molecule has 0 aliphatic heterocycles. The van der Waals surface area contributed by atoms with Gasteiger partial charge in [-0.05, 0) is 6.92 Å². The van der Waals surface area contributed by atoms with Crippen molar-refractivity contribution in [3.63, 3.8) is 0 Å². The van der Waals surface area contributed by atoms with E-state index in [1.807, 2.05) is 0 Å². The number of aliphatic carboxylic acids is 1. The highest BCUT2D eigenvalue weighted by Crippen LogP contribution is 2.04. The van der Waals surface area contributed by atoms with E-state index in [4.69, 9.17) is 5.11 Å². The summed E-state index contributed by atoms with van der Waals surface area (Å²) >= 11 is 0. The first-order chi connectivity index (χ1) is 6.34. The van der Waals surface area contributed by atoms with Crippen LogP contribution in [0, 0.1) is 5.92 Å². The minimum absolute atomic E-state index is 0.0587. The molecule has 0 saturated carbocycles. The van der Waals surface area contributed by atoms with Gasteiger partial charge in [-0.15, -0.1) is 0 Å². The molecule has 2 unspecified atom stereocenters. The highest BCUT2D eigenvalue weighted by Gasteiger charge is 2.20. The van der Waals surface area contributed by atoms with Crippen molar-refractivity contribution in [2.24, 2.45) is 5.92 Å². The predicted molar refractivity (Wildman–Crippen MR) is 49.7 cm³/mol. The molecule has 0 fully saturated rings. The number of hydrogen-bond acceptors (Lipinski definition) is 3. The van der Waals surface area contributed by atoms with E-state index in [1.54, 1.807) is 0 Å². The van der Waals surface area contributed by atoms with Gasteiger partial charge in [-0.1, -0.05) is 6.92 Å². The fourth-order valence-corrected chi connectivity index (χ4v) is 0.951. The van der Waals surface area contributed by atoms with Crippen LogP contribution < -0.4 is 5.32 Å². The number of rotatable bonds is 5. The molecule has 0 aliphatic carbocycles. The number of Topliss-reactive ketones (excluding diaryl/α,β-unsaturated/α-hetero) is 1. The first kappa shape index (κ1) is 12.6. The maximum Gasteiger partial charge on any atom is 0.306 e. The van der Waals surface area contributed by atoms with Gasteiger partial charge in [0.25, 0.3) is 0 Å². The normalized spacial score (nSPS) is 14.2. The van der Waals surface area contributed by atoms with E-state index in [0.29, 0.717) is 0 Å². The molecule has 0 aromatic heterocycles. The molecule has 0 spiro atoms. The molecular formula is C9H15NO4. The Bertz CT molecular complexity index is 249. The zero-order chi connectivity index (χ0) is 11.3. The lowest BCUT2D eigenvalue weighted by atomic mass is 10.0. The van der Waals surface area contributed by atoms with Gasteiger partial charge in [-0.25, -0.2) is 0 Å². The van der Waals surface area contributed by atoms with Crippen LogP contribution in [0.3, 0.4) is 0 Å². The molecule has 0 saturated heterocycles. The summed E-state index contributed by atoms with van der Waals surface area (Å²) in [6.45, 7) is 4.31. The van der Waals surface area contributed by atoms with Gasteiger partial charge in [0.15, 0.2) is 5.78 Å². The van der Waals surface area contributed by atoms with Crippen LogP contribution in [0.15, 0.2) is 0 Å². The molecule has 0 heterocycles. The van der Waals surface area contributed by atoms with Crippen molar-refractivity contribution < 1.29 is 19.5 Å². The van der Waals surface area contributed by atoms with E-state index >= 15 is 0 Å². The van der Waals surface area contributed by atoms with Gasteiger partial charge in [-0.2, -0.15) is 0 Å². The molecule has 2 N–H and O–H groups in total. The van der Waals surface area contributed by atoms with E-state index in [9.17, 15) is 14.4 Å². The summed E-state index contributed by atoms with van der Waals surface area (Å²) in [7, 11) is 0. The molecule has 14 heavy (non-hydrogen) atoms. The van der Waals surface area contributed by atoms with Crippen molar-refractivity contribution >= 4 is 17.7 Å². The molecule has 0 rings (SSSR count). The van der Waals surface area contributed by atoms with Crippen LogP contribution in [0.25, 0.3) is 0 Å². The van der Waals surface area contributed by atoms with Crippen LogP contribution in [-0.2, 0) is 14.4 Å². The summed E-state index contributed by atoms with van der Waals surface area (Å²) in [6, 6.07) is -0.616. The van der Waals surface area contributed by atoms with Crippen LogP contribution in [0.5, 0.6) is 0 Å². The third-order valence-electron chi connectivity index (χ3n) is 1.83. The zero-order valence-electron chi connectivity index (χ0n) is 8.53. The number of ketones is 1. The van der Waals surface area contributed by atoms with Gasteiger partial charge in [0.1, 0.15) is 0 Å². The third-order valence-corrected chi connectivity index (χ3v) is 1.83. The number of carbonyl (C=O) groups excluding carboxylic acids is 2. The maximum atomic E-state index is 11.3. The summed E-state index contributed by atoms with van der Waals surface area (Å²) < 4.78 is 0. The van der Waals surface area contributed by atoms with E-state index in [2.05, 4.69) is 5.32 Å². The summed E-state index contributed by atoms with van der Waals surface area (Å²) in [5.74, 6) is -2.28. The standard InChI is InChI=1S/C9H15NO4/c1-5(9(13)14)4-8(12)6(2)10-7(3)11/h5-6H,4H2,1-3H3,(H,10,11)(H,13,14). The van der Waals surface area contributed by atoms with Crippen LogP contribution in [0.4, 0.5) is 0 Å². The van der Waals surface area contributed by atoms with Crippen LogP contribution >= 0.6 is 0 Å².